The van der Waals surface area contributed by atoms with Gasteiger partial charge in [0.1, 0.15) is 0 Å². The zero-order valence-corrected chi connectivity index (χ0v) is 54.0. The second-order valence-corrected chi connectivity index (χ2v) is 25.4. The molecule has 2 aliphatic rings. The quantitative estimate of drug-likeness (QED) is 0.0646. The lowest BCUT2D eigenvalue weighted by Gasteiger charge is -2.30. The van der Waals surface area contributed by atoms with Gasteiger partial charge >= 0.3 is 0 Å². The lowest BCUT2D eigenvalue weighted by atomic mass is 10.0. The predicted molar refractivity (Wildman–Crippen MR) is 359 cm³/mol. The van der Waals surface area contributed by atoms with E-state index in [-0.39, 0.29) is 0 Å². The van der Waals surface area contributed by atoms with Gasteiger partial charge in [0.15, 0.2) is 0 Å². The summed E-state index contributed by atoms with van der Waals surface area (Å²) in [5, 5.41) is 11.3. The van der Waals surface area contributed by atoms with E-state index in [4.69, 9.17) is 172 Å². The Kier molecular flexibility index (Phi) is 20.9. The third kappa shape index (κ3) is 13.3. The summed E-state index contributed by atoms with van der Waals surface area (Å²) in [6.45, 7) is 5.32. The van der Waals surface area contributed by atoms with Gasteiger partial charge in [0.2, 0.25) is 0 Å². The van der Waals surface area contributed by atoms with Crippen LogP contribution in [0.15, 0.2) is 117 Å². The maximum Gasteiger partial charge on any atom is 0.0642 e. The molecule has 0 amide bonds. The highest BCUT2D eigenvalue weighted by Gasteiger charge is 2.26. The lowest BCUT2D eigenvalue weighted by Crippen LogP contribution is -2.36. The highest BCUT2D eigenvalue weighted by molar-refractivity contribution is 7.99. The van der Waals surface area contributed by atoms with Crippen molar-refractivity contribution in [2.75, 3.05) is 110 Å². The van der Waals surface area contributed by atoms with Crippen molar-refractivity contribution in [3.8, 4) is 44.5 Å². The number of nitrogens with one attached hydrogen (secondary N) is 2. The predicted octanol–water partition coefficient (Wildman–Crippen LogP) is 20.3. The zero-order valence-electron chi connectivity index (χ0n) is 43.3. The number of ether oxygens (including phenoxy) is 2. The number of halogens is 12. The van der Waals surface area contributed by atoms with Gasteiger partial charge in [-0.2, -0.15) is 0 Å². The van der Waals surface area contributed by atoms with Gasteiger partial charge in [-0.3, -0.25) is 0 Å². The molecule has 10 N–H and O–H groups in total. The summed E-state index contributed by atoms with van der Waals surface area (Å²) in [4.78, 5) is 7.22. The van der Waals surface area contributed by atoms with Crippen molar-refractivity contribution in [1.29, 1.82) is 0 Å². The number of anilines is 8. The van der Waals surface area contributed by atoms with Gasteiger partial charge in [-0.15, -0.1) is 0 Å². The number of rotatable bonds is 12. The largest absolute Gasteiger partial charge is 0.397 e. The molecular formula is C58H48Cl12N8O2S2. The molecule has 0 spiro atoms. The second kappa shape index (κ2) is 27.3. The van der Waals surface area contributed by atoms with Crippen molar-refractivity contribution in [2.45, 2.75) is 19.6 Å². The van der Waals surface area contributed by atoms with E-state index in [1.807, 2.05) is 48.5 Å². The van der Waals surface area contributed by atoms with Gasteiger partial charge in [0.05, 0.1) is 132 Å². The van der Waals surface area contributed by atoms with Crippen molar-refractivity contribution in [2.24, 2.45) is 0 Å². The van der Waals surface area contributed by atoms with E-state index in [1.54, 1.807) is 62.6 Å². The van der Waals surface area contributed by atoms with Gasteiger partial charge in [0.25, 0.3) is 0 Å². The fraction of sp³-hybridized carbons (Fsp3) is 0.172. The highest BCUT2D eigenvalue weighted by Crippen LogP contribution is 2.53. The first kappa shape index (κ1) is 62.8. The summed E-state index contributed by atoms with van der Waals surface area (Å²) >= 11 is 84.0. The number of morpholine rings is 2. The van der Waals surface area contributed by atoms with Crippen molar-refractivity contribution in [3.05, 3.63) is 157 Å². The molecule has 8 aromatic carbocycles. The second-order valence-electron chi connectivity index (χ2n) is 18.5. The summed E-state index contributed by atoms with van der Waals surface area (Å²) in [5.74, 6) is 0. The van der Waals surface area contributed by atoms with E-state index in [1.165, 1.54) is 23.5 Å². The smallest absolute Gasteiger partial charge is 0.0642 e. The molecule has 8 aromatic rings. The standard InChI is InChI=1S/C32H28Cl6N4O2S.C26H20Cl6N4S/c33-19-1-3-27(31(37)29(19)17-13-25(23(39)15-21(17)35)41-5-9-43-10-6-41)45-28-4-2-20(34)30(32(28)38)18-14-26(24(40)16-22(18)36)42-7-11-44-12-8-42;1-35-19-7-11(15(29)9-17(19)33)23-13(27)3-5-21(25(23)31)37-22-6-4-14(28)24(26(22)32)12-8-20(36-2)18(34)10-16(12)30/h1-4,13-16H,5-12,39-40H2;3-10,35-36H,33-34H2,1-2H3. The van der Waals surface area contributed by atoms with Crippen LogP contribution in [0.5, 0.6) is 0 Å². The maximum absolute atomic E-state index is 7.09. The van der Waals surface area contributed by atoms with Crippen LogP contribution in [-0.4, -0.2) is 66.7 Å². The Labute approximate surface area is 544 Å². The van der Waals surface area contributed by atoms with Crippen LogP contribution in [0.25, 0.3) is 44.5 Å². The minimum absolute atomic E-state index is 0.418. The molecule has 0 radical (unpaired) electrons. The molecule has 2 aliphatic heterocycles. The fourth-order valence-corrected chi connectivity index (χ4v) is 15.0. The molecule has 0 aromatic heterocycles. The molecule has 0 bridgehead atoms. The van der Waals surface area contributed by atoms with Crippen LogP contribution >= 0.6 is 163 Å². The number of hydrogen-bond donors (Lipinski definition) is 6. The van der Waals surface area contributed by atoms with Gasteiger partial charge in [-0.25, -0.2) is 0 Å². The number of nitrogens with two attached hydrogens (primary N) is 4. The van der Waals surface area contributed by atoms with Crippen molar-refractivity contribution in [3.63, 3.8) is 0 Å². The minimum atomic E-state index is 0.418. The van der Waals surface area contributed by atoms with Crippen molar-refractivity contribution >= 4 is 208 Å². The van der Waals surface area contributed by atoms with Crippen LogP contribution in [0, 0.1) is 0 Å². The van der Waals surface area contributed by atoms with E-state index in [0.717, 1.165) is 31.0 Å². The molecule has 0 aliphatic carbocycles. The fourth-order valence-electron chi connectivity index (χ4n) is 9.36. The highest BCUT2D eigenvalue weighted by atomic mass is 35.5. The molecule has 0 unspecified atom stereocenters. The SMILES string of the molecule is CNc1cc(-c2c(Cl)ccc(Sc3ccc(Cl)c(-c4cc(NC)c(N)cc4Cl)c3Cl)c2Cl)c(Cl)cc1N.Nc1cc(Cl)c(-c2c(Cl)ccc(Sc3ccc(Cl)c(-c4cc(N5CCOCC5)c(N)cc4Cl)c3Cl)c2Cl)cc1N1CCOCC1. The Hall–Kier alpha value is -3.74. The van der Waals surface area contributed by atoms with Crippen LogP contribution in [-0.2, 0) is 9.47 Å². The zero-order chi connectivity index (χ0) is 58.8. The molecule has 2 saturated heterocycles. The van der Waals surface area contributed by atoms with Crippen LogP contribution in [0.4, 0.5) is 45.5 Å². The van der Waals surface area contributed by atoms with Crippen LogP contribution in [0.1, 0.15) is 0 Å². The molecule has 10 rings (SSSR count). The van der Waals surface area contributed by atoms with Crippen molar-refractivity contribution < 1.29 is 9.47 Å². The molecule has 0 saturated carbocycles. The first-order chi connectivity index (χ1) is 39.2. The number of nitrogen functional groups attached to an aromatic ring is 4. The normalized spacial score (nSPS) is 13.5. The first-order valence-corrected chi connectivity index (χ1v) is 31.0. The van der Waals surface area contributed by atoms with Gasteiger partial charge in [0, 0.05) is 104 Å². The average molecular weight is 1380 g/mol. The summed E-state index contributed by atoms with van der Waals surface area (Å²) in [6, 6.07) is 28.8. The molecule has 0 atom stereocenters. The van der Waals surface area contributed by atoms with E-state index in [9.17, 15) is 0 Å². The summed E-state index contributed by atoms with van der Waals surface area (Å²) < 4.78 is 11.0. The van der Waals surface area contributed by atoms with Crippen LogP contribution < -0.4 is 43.4 Å². The third-order valence-electron chi connectivity index (χ3n) is 13.5. The Morgan fingerprint density at radius 3 is 0.878 bits per heavy atom. The number of benzene rings is 8. The van der Waals surface area contributed by atoms with E-state index >= 15 is 0 Å². The summed E-state index contributed by atoms with van der Waals surface area (Å²) in [6.07, 6.45) is 0. The lowest BCUT2D eigenvalue weighted by molar-refractivity contribution is 0.122. The van der Waals surface area contributed by atoms with Gasteiger partial charge in [-0.05, 0) is 97.1 Å². The third-order valence-corrected chi connectivity index (χ3v) is 20.3. The molecule has 24 heteroatoms. The molecule has 10 nitrogen and oxygen atoms in total. The van der Waals surface area contributed by atoms with E-state index in [0.29, 0.717) is 192 Å². The first-order valence-electron chi connectivity index (χ1n) is 24.9. The van der Waals surface area contributed by atoms with Crippen LogP contribution in [0.2, 0.25) is 60.3 Å². The van der Waals surface area contributed by atoms with Crippen LogP contribution in [0.3, 0.4) is 0 Å². The maximum atomic E-state index is 7.09. The summed E-state index contributed by atoms with van der Waals surface area (Å²) in [5.41, 5.74) is 35.2. The molecular weight excluding hydrogens is 1330 g/mol. The van der Waals surface area contributed by atoms with Crippen molar-refractivity contribution in [1.82, 2.24) is 0 Å². The monoisotopic (exact) mass is 1370 g/mol. The molecule has 2 fully saturated rings. The van der Waals surface area contributed by atoms with Gasteiger partial charge < -0.3 is 52.8 Å². The number of hydrogen-bond acceptors (Lipinski definition) is 12. The van der Waals surface area contributed by atoms with E-state index in [2.05, 4.69) is 20.4 Å². The molecule has 428 valence electrons. The van der Waals surface area contributed by atoms with Gasteiger partial charge in [-0.1, -0.05) is 163 Å². The Bertz CT molecular complexity index is 3530. The number of nitrogens with zero attached hydrogens (tertiary/aromatic N) is 2. The van der Waals surface area contributed by atoms with E-state index < -0.39 is 0 Å². The Morgan fingerprint density at radius 1 is 0.354 bits per heavy atom. The Morgan fingerprint density at radius 2 is 0.610 bits per heavy atom. The summed E-state index contributed by atoms with van der Waals surface area (Å²) in [7, 11) is 3.54. The molecule has 82 heavy (non-hydrogen) atoms. The molecule has 2 heterocycles. The minimum Gasteiger partial charge on any atom is -0.397 e. The Balaban J connectivity index is 0.000000202. The average Bonchev–Trinajstić information content (AvgIpc) is 3.53. The topological polar surface area (TPSA) is 153 Å².